The van der Waals surface area contributed by atoms with Crippen LogP contribution in [0.15, 0.2) is 35.3 Å². The van der Waals surface area contributed by atoms with Crippen molar-refractivity contribution in [1.29, 1.82) is 0 Å². The van der Waals surface area contributed by atoms with Gasteiger partial charge in [0.05, 0.1) is 22.5 Å². The van der Waals surface area contributed by atoms with Crippen LogP contribution in [0.25, 0.3) is 21.3 Å². The zero-order chi connectivity index (χ0) is 26.0. The summed E-state index contributed by atoms with van der Waals surface area (Å²) in [5.74, 6) is -2.64. The molecule has 1 saturated carbocycles. The Bertz CT molecular complexity index is 1510. The fraction of sp³-hybridized carbons (Fsp3) is 0.348. The highest BCUT2D eigenvalue weighted by atomic mass is 32.2. The first-order chi connectivity index (χ1) is 17.1. The number of aromatic nitrogens is 2. The minimum absolute atomic E-state index is 0.0692. The molecule has 0 spiro atoms. The van der Waals surface area contributed by atoms with E-state index < -0.39 is 45.0 Å². The van der Waals surface area contributed by atoms with E-state index in [1.807, 2.05) is 0 Å². The number of carbonyl (C=O) groups excluding carboxylic acids is 3. The lowest BCUT2D eigenvalue weighted by atomic mass is 10.1. The van der Waals surface area contributed by atoms with Gasteiger partial charge in [0, 0.05) is 37.3 Å². The zero-order valence-corrected chi connectivity index (χ0v) is 20.8. The van der Waals surface area contributed by atoms with Crippen molar-refractivity contribution in [3.8, 4) is 11.1 Å². The fourth-order valence-electron chi connectivity index (χ4n) is 3.54. The summed E-state index contributed by atoms with van der Waals surface area (Å²) < 4.78 is 42.5. The van der Waals surface area contributed by atoms with Crippen molar-refractivity contribution in [2.75, 3.05) is 12.3 Å². The van der Waals surface area contributed by atoms with Gasteiger partial charge in [-0.3, -0.25) is 14.4 Å². The molecule has 36 heavy (non-hydrogen) atoms. The number of rotatable bonds is 10. The summed E-state index contributed by atoms with van der Waals surface area (Å²) in [6, 6.07) is 5.45. The summed E-state index contributed by atoms with van der Waals surface area (Å²) in [5, 5.41) is 3.14. The van der Waals surface area contributed by atoms with Crippen molar-refractivity contribution >= 4 is 49.5 Å². The maximum atomic E-state index is 14.9. The average Bonchev–Trinajstić information content (AvgIpc) is 3.55. The Morgan fingerprint density at radius 3 is 2.72 bits per heavy atom. The van der Waals surface area contributed by atoms with Crippen LogP contribution in [-0.2, 0) is 31.3 Å². The molecule has 1 aliphatic carbocycles. The molecule has 1 aromatic carbocycles. The maximum Gasteiger partial charge on any atom is 0.250 e. The Labute approximate surface area is 209 Å². The van der Waals surface area contributed by atoms with Gasteiger partial charge in [-0.2, -0.15) is 0 Å². The van der Waals surface area contributed by atoms with Gasteiger partial charge in [-0.1, -0.05) is 0 Å². The molecule has 2 N–H and O–H groups in total. The van der Waals surface area contributed by atoms with Crippen molar-refractivity contribution in [3.05, 3.63) is 51.6 Å². The number of halogens is 1. The van der Waals surface area contributed by atoms with Crippen LogP contribution in [0.5, 0.6) is 0 Å². The number of nitrogens with one attached hydrogen (secondary N) is 2. The van der Waals surface area contributed by atoms with Gasteiger partial charge in [0.1, 0.15) is 17.1 Å². The highest BCUT2D eigenvalue weighted by Gasteiger charge is 2.37. The van der Waals surface area contributed by atoms with Crippen molar-refractivity contribution < 1.29 is 27.2 Å². The average molecular weight is 535 g/mol. The zero-order valence-electron chi connectivity index (χ0n) is 19.2. The molecule has 13 heteroatoms. The lowest BCUT2D eigenvalue weighted by Crippen LogP contribution is -2.41. The van der Waals surface area contributed by atoms with Crippen LogP contribution in [0.2, 0.25) is 0 Å². The van der Waals surface area contributed by atoms with Gasteiger partial charge in [0.15, 0.2) is 15.1 Å². The van der Waals surface area contributed by atoms with Gasteiger partial charge < -0.3 is 20.0 Å². The van der Waals surface area contributed by atoms with Crippen LogP contribution in [0.4, 0.5) is 4.39 Å². The molecule has 2 heterocycles. The number of amides is 2. The minimum Gasteiger partial charge on any atom is -0.352 e. The van der Waals surface area contributed by atoms with E-state index in [1.165, 1.54) is 29.0 Å². The molecule has 190 valence electrons. The summed E-state index contributed by atoms with van der Waals surface area (Å²) >= 11 is 0.827. The first-order valence-electron chi connectivity index (χ1n) is 11.1. The Morgan fingerprint density at radius 1 is 1.31 bits per heavy atom. The van der Waals surface area contributed by atoms with E-state index in [0.717, 1.165) is 24.2 Å². The number of hydrogen-bond donors (Lipinski definition) is 2. The molecule has 1 unspecified atom stereocenters. The summed E-state index contributed by atoms with van der Waals surface area (Å²) in [6.07, 6.45) is 3.31. The van der Waals surface area contributed by atoms with Crippen LogP contribution in [0.3, 0.4) is 0 Å². The molecule has 1 fully saturated rings. The molecule has 2 aromatic heterocycles. The number of fused-ring (bicyclic) bond motifs is 1. The second-order valence-corrected chi connectivity index (χ2v) is 11.7. The number of sulfone groups is 1. The molecule has 0 bridgehead atoms. The van der Waals surface area contributed by atoms with E-state index in [-0.39, 0.29) is 34.1 Å². The highest BCUT2D eigenvalue weighted by Crippen LogP contribution is 2.35. The number of aldehydes is 1. The summed E-state index contributed by atoms with van der Waals surface area (Å²) in [5.41, 5.74) is 0.317. The van der Waals surface area contributed by atoms with Gasteiger partial charge in [-0.15, -0.1) is 11.3 Å². The van der Waals surface area contributed by atoms with Crippen LogP contribution >= 0.6 is 11.3 Å². The molecule has 3 aromatic rings. The predicted octanol–water partition coefficient (Wildman–Crippen LogP) is 1.24. The Hall–Kier alpha value is -3.45. The largest absolute Gasteiger partial charge is 0.352 e. The number of aryl methyl sites for hydroxylation is 1. The minimum atomic E-state index is -4.19. The van der Waals surface area contributed by atoms with E-state index in [4.69, 9.17) is 0 Å². The highest BCUT2D eigenvalue weighted by molar-refractivity contribution is 7.92. The van der Waals surface area contributed by atoms with Crippen molar-refractivity contribution in [1.82, 2.24) is 20.2 Å². The molecule has 0 saturated heterocycles. The van der Waals surface area contributed by atoms with Crippen molar-refractivity contribution in [3.63, 3.8) is 0 Å². The monoisotopic (exact) mass is 534 g/mol. The lowest BCUT2D eigenvalue weighted by molar-refractivity contribution is -0.126. The van der Waals surface area contributed by atoms with Gasteiger partial charge in [0.2, 0.25) is 11.8 Å². The number of pyridine rings is 1. The number of hydrogen-bond acceptors (Lipinski definition) is 8. The standard InChI is InChI=1S/C23H23FN4O6S2/c1-28-6-5-13(9-20(28)31)15-10-17-18(11-16(15)24)35-23(27-17)21(36(33,34)8-2-7-29)22(32)25-12-19(30)26-14-3-4-14/h5-7,9-11,14,21H,2-4,8,12H2,1H3,(H,25,32)(H,26,30). The van der Waals surface area contributed by atoms with Crippen LogP contribution in [0.1, 0.15) is 29.5 Å². The van der Waals surface area contributed by atoms with Crippen LogP contribution in [-0.4, -0.2) is 54.4 Å². The van der Waals surface area contributed by atoms with Gasteiger partial charge in [-0.05, 0) is 36.6 Å². The normalized spacial score (nSPS) is 14.4. The van der Waals surface area contributed by atoms with E-state index in [1.54, 1.807) is 13.1 Å². The smallest absolute Gasteiger partial charge is 0.250 e. The summed E-state index contributed by atoms with van der Waals surface area (Å²) in [6.45, 7) is -0.415. The molecule has 1 aliphatic rings. The SMILES string of the molecule is Cn1ccc(-c2cc3nc(C(C(=O)NCC(=O)NC4CC4)S(=O)(=O)CCC=O)sc3cc2F)cc1=O. The molecular weight excluding hydrogens is 511 g/mol. The van der Waals surface area contributed by atoms with E-state index in [9.17, 15) is 32.0 Å². The van der Waals surface area contributed by atoms with E-state index >= 15 is 0 Å². The van der Waals surface area contributed by atoms with Crippen LogP contribution in [0, 0.1) is 5.82 Å². The molecule has 2 amide bonds. The third-order valence-electron chi connectivity index (χ3n) is 5.62. The molecule has 10 nitrogen and oxygen atoms in total. The molecule has 4 rings (SSSR count). The second kappa shape index (κ2) is 10.3. The van der Waals surface area contributed by atoms with Gasteiger partial charge in [-0.25, -0.2) is 17.8 Å². The third-order valence-corrected chi connectivity index (χ3v) is 8.81. The second-order valence-electron chi connectivity index (χ2n) is 8.48. The van der Waals surface area contributed by atoms with Gasteiger partial charge in [0.25, 0.3) is 5.56 Å². The Morgan fingerprint density at radius 2 is 2.06 bits per heavy atom. The molecular formula is C23H23FN4O6S2. The van der Waals surface area contributed by atoms with E-state index in [0.29, 0.717) is 16.5 Å². The van der Waals surface area contributed by atoms with Crippen LogP contribution < -0.4 is 16.2 Å². The Kier molecular flexibility index (Phi) is 7.31. The summed E-state index contributed by atoms with van der Waals surface area (Å²) in [4.78, 5) is 52.0. The van der Waals surface area contributed by atoms with Crippen molar-refractivity contribution in [2.24, 2.45) is 7.05 Å². The number of benzene rings is 1. The maximum absolute atomic E-state index is 14.9. The molecule has 0 aliphatic heterocycles. The molecule has 1 atom stereocenters. The Balaban J connectivity index is 1.69. The fourth-order valence-corrected chi connectivity index (χ4v) is 6.51. The molecule has 0 radical (unpaired) electrons. The lowest BCUT2D eigenvalue weighted by Gasteiger charge is -2.15. The number of thiazole rings is 1. The first-order valence-corrected chi connectivity index (χ1v) is 13.6. The van der Waals surface area contributed by atoms with Gasteiger partial charge >= 0.3 is 0 Å². The number of nitrogens with zero attached hydrogens (tertiary/aromatic N) is 2. The quantitative estimate of drug-likeness (QED) is 0.372. The number of carbonyl (C=O) groups is 3. The third kappa shape index (κ3) is 5.68. The topological polar surface area (TPSA) is 144 Å². The predicted molar refractivity (Wildman–Crippen MR) is 132 cm³/mol. The first kappa shape index (κ1) is 25.6. The van der Waals surface area contributed by atoms with Crippen molar-refractivity contribution in [2.45, 2.75) is 30.6 Å². The van der Waals surface area contributed by atoms with E-state index in [2.05, 4.69) is 15.6 Å². The summed E-state index contributed by atoms with van der Waals surface area (Å²) in [7, 11) is -2.63.